The maximum Gasteiger partial charge on any atom is 0.123 e. The molecule has 0 saturated carbocycles. The summed E-state index contributed by atoms with van der Waals surface area (Å²) in [5, 5.41) is 4.51. The van der Waals surface area contributed by atoms with Crippen LogP contribution >= 0.6 is 27.3 Å². The summed E-state index contributed by atoms with van der Waals surface area (Å²) in [6.45, 7) is 8.40. The van der Waals surface area contributed by atoms with Crippen LogP contribution < -0.4 is 5.32 Å². The van der Waals surface area contributed by atoms with Crippen LogP contribution in [0.2, 0.25) is 0 Å². The van der Waals surface area contributed by atoms with Gasteiger partial charge in [-0.15, -0.1) is 11.3 Å². The van der Waals surface area contributed by atoms with Crippen molar-refractivity contribution in [1.82, 2.24) is 10.3 Å². The number of aryl methyl sites for hydroxylation is 2. The first-order chi connectivity index (χ1) is 9.11. The van der Waals surface area contributed by atoms with Gasteiger partial charge in [0.05, 0.1) is 0 Å². The summed E-state index contributed by atoms with van der Waals surface area (Å²) < 4.78 is 1.19. The number of thiazole rings is 1. The van der Waals surface area contributed by atoms with Gasteiger partial charge in [0.25, 0.3) is 0 Å². The monoisotopic (exact) mass is 338 g/mol. The number of nitrogens with zero attached hydrogens (tertiary/aromatic N) is 1. The van der Waals surface area contributed by atoms with Crippen LogP contribution in [-0.2, 0) is 6.54 Å². The molecular weight excluding hydrogens is 320 g/mol. The summed E-state index contributed by atoms with van der Waals surface area (Å²) >= 11 is 5.38. The van der Waals surface area contributed by atoms with Gasteiger partial charge in [0, 0.05) is 27.7 Å². The first kappa shape index (κ1) is 14.7. The first-order valence-electron chi connectivity index (χ1n) is 6.54. The number of halogens is 1. The fourth-order valence-electron chi connectivity index (χ4n) is 1.98. The van der Waals surface area contributed by atoms with Crippen LogP contribution in [0.4, 0.5) is 0 Å². The molecule has 2 nitrogen and oxygen atoms in total. The molecule has 0 spiro atoms. The van der Waals surface area contributed by atoms with Crippen LogP contribution in [0, 0.1) is 13.8 Å². The van der Waals surface area contributed by atoms with Gasteiger partial charge in [0.15, 0.2) is 0 Å². The van der Waals surface area contributed by atoms with E-state index in [1.165, 1.54) is 26.0 Å². The van der Waals surface area contributed by atoms with Crippen molar-refractivity contribution in [3.63, 3.8) is 0 Å². The lowest BCUT2D eigenvalue weighted by molar-refractivity contribution is 0.681. The molecule has 0 fully saturated rings. The Morgan fingerprint density at radius 2 is 1.95 bits per heavy atom. The van der Waals surface area contributed by atoms with E-state index in [2.05, 4.69) is 59.1 Å². The molecule has 0 unspecified atom stereocenters. The molecule has 0 aliphatic rings. The van der Waals surface area contributed by atoms with E-state index in [1.54, 1.807) is 11.3 Å². The predicted octanol–water partition coefficient (Wildman–Crippen LogP) is 4.69. The molecule has 0 saturated heterocycles. The maximum absolute atomic E-state index is 4.54. The number of rotatable bonds is 5. The van der Waals surface area contributed by atoms with Gasteiger partial charge in [-0.2, -0.15) is 0 Å². The van der Waals surface area contributed by atoms with Crippen molar-refractivity contribution in [2.45, 2.75) is 33.7 Å². The van der Waals surface area contributed by atoms with E-state index in [9.17, 15) is 0 Å². The first-order valence-corrected chi connectivity index (χ1v) is 8.15. The minimum Gasteiger partial charge on any atom is -0.312 e. The third kappa shape index (κ3) is 3.65. The highest BCUT2D eigenvalue weighted by atomic mass is 79.9. The van der Waals surface area contributed by atoms with E-state index in [0.717, 1.165) is 24.5 Å². The molecule has 0 aliphatic carbocycles. The number of nitrogens with one attached hydrogen (secondary N) is 1. The normalized spacial score (nSPS) is 10.9. The van der Waals surface area contributed by atoms with E-state index in [-0.39, 0.29) is 0 Å². The summed E-state index contributed by atoms with van der Waals surface area (Å²) in [5.41, 5.74) is 3.73. The van der Waals surface area contributed by atoms with E-state index in [0.29, 0.717) is 0 Å². The quantitative estimate of drug-likeness (QED) is 0.800. The highest BCUT2D eigenvalue weighted by Gasteiger charge is 2.08. The molecule has 0 aliphatic heterocycles. The van der Waals surface area contributed by atoms with Crippen molar-refractivity contribution in [3.8, 4) is 10.6 Å². The molecule has 1 aromatic carbocycles. The Morgan fingerprint density at radius 1 is 1.26 bits per heavy atom. The van der Waals surface area contributed by atoms with Crippen LogP contribution in [0.15, 0.2) is 22.8 Å². The molecule has 1 heterocycles. The van der Waals surface area contributed by atoms with E-state index in [4.69, 9.17) is 0 Å². The van der Waals surface area contributed by atoms with Gasteiger partial charge < -0.3 is 5.32 Å². The highest BCUT2D eigenvalue weighted by Crippen LogP contribution is 2.30. The van der Waals surface area contributed by atoms with Crippen molar-refractivity contribution in [2.24, 2.45) is 0 Å². The molecule has 19 heavy (non-hydrogen) atoms. The third-order valence-corrected chi connectivity index (χ3v) is 5.26. The highest BCUT2D eigenvalue weighted by molar-refractivity contribution is 9.10. The summed E-state index contributed by atoms with van der Waals surface area (Å²) in [6.07, 6.45) is 3.14. The second kappa shape index (κ2) is 6.64. The Hall–Kier alpha value is -0.710. The Bertz CT molecular complexity index is 540. The maximum atomic E-state index is 4.54. The van der Waals surface area contributed by atoms with Crippen LogP contribution in [0.5, 0.6) is 0 Å². The summed E-state index contributed by atoms with van der Waals surface area (Å²) in [7, 11) is 0. The lowest BCUT2D eigenvalue weighted by Crippen LogP contribution is -2.12. The predicted molar refractivity (Wildman–Crippen MR) is 86.7 cm³/mol. The third-order valence-electron chi connectivity index (χ3n) is 2.96. The average Bonchev–Trinajstić information content (AvgIpc) is 2.84. The second-order valence-corrected chi connectivity index (χ2v) is 6.64. The van der Waals surface area contributed by atoms with Crippen LogP contribution in [-0.4, -0.2) is 11.5 Å². The molecule has 2 aromatic rings. The zero-order chi connectivity index (χ0) is 13.8. The molecule has 0 atom stereocenters. The molecule has 0 bridgehead atoms. The van der Waals surface area contributed by atoms with E-state index >= 15 is 0 Å². The van der Waals surface area contributed by atoms with Crippen molar-refractivity contribution in [1.29, 1.82) is 0 Å². The molecule has 2 rings (SSSR count). The summed E-state index contributed by atoms with van der Waals surface area (Å²) in [6, 6.07) is 4.39. The molecule has 102 valence electrons. The topological polar surface area (TPSA) is 24.9 Å². The van der Waals surface area contributed by atoms with Gasteiger partial charge in [-0.25, -0.2) is 4.98 Å². The lowest BCUT2D eigenvalue weighted by Gasteiger charge is -2.05. The SMILES string of the molecule is CCCNCc1cnc(-c2cc(C)c(Br)c(C)c2)s1. The van der Waals surface area contributed by atoms with Gasteiger partial charge in [-0.3, -0.25) is 0 Å². The minimum absolute atomic E-state index is 0.917. The molecule has 0 amide bonds. The number of hydrogen-bond donors (Lipinski definition) is 1. The van der Waals surface area contributed by atoms with Gasteiger partial charge >= 0.3 is 0 Å². The fourth-order valence-corrected chi connectivity index (χ4v) is 3.08. The molecule has 1 aromatic heterocycles. The average molecular weight is 339 g/mol. The van der Waals surface area contributed by atoms with E-state index in [1.807, 2.05) is 6.20 Å². The Balaban J connectivity index is 2.18. The standard InChI is InChI=1S/C15H19BrN2S/c1-4-5-17-8-13-9-18-15(19-13)12-6-10(2)14(16)11(3)7-12/h6-7,9,17H,4-5,8H2,1-3H3. The largest absolute Gasteiger partial charge is 0.312 e. The second-order valence-electron chi connectivity index (χ2n) is 4.73. The molecule has 1 N–H and O–H groups in total. The van der Waals surface area contributed by atoms with Crippen LogP contribution in [0.1, 0.15) is 29.3 Å². The lowest BCUT2D eigenvalue weighted by atomic mass is 10.1. The zero-order valence-electron chi connectivity index (χ0n) is 11.6. The van der Waals surface area contributed by atoms with Gasteiger partial charge in [-0.05, 0) is 50.1 Å². The molecule has 4 heteroatoms. The zero-order valence-corrected chi connectivity index (χ0v) is 14.0. The Labute approximate surface area is 127 Å². The molecular formula is C15H19BrN2S. The van der Waals surface area contributed by atoms with Gasteiger partial charge in [-0.1, -0.05) is 22.9 Å². The van der Waals surface area contributed by atoms with Crippen molar-refractivity contribution in [3.05, 3.63) is 38.8 Å². The Kier molecular flexibility index (Phi) is 5.13. The minimum atomic E-state index is 0.917. The summed E-state index contributed by atoms with van der Waals surface area (Å²) in [5.74, 6) is 0. The van der Waals surface area contributed by atoms with Crippen molar-refractivity contribution >= 4 is 27.3 Å². The fraction of sp³-hybridized carbons (Fsp3) is 0.400. The number of hydrogen-bond acceptors (Lipinski definition) is 3. The molecule has 0 radical (unpaired) electrons. The van der Waals surface area contributed by atoms with E-state index < -0.39 is 0 Å². The van der Waals surface area contributed by atoms with Crippen molar-refractivity contribution in [2.75, 3.05) is 6.54 Å². The van der Waals surface area contributed by atoms with Gasteiger partial charge in [0.1, 0.15) is 5.01 Å². The number of benzene rings is 1. The summed E-state index contributed by atoms with van der Waals surface area (Å²) in [4.78, 5) is 5.83. The number of aromatic nitrogens is 1. The van der Waals surface area contributed by atoms with Crippen LogP contribution in [0.3, 0.4) is 0 Å². The smallest absolute Gasteiger partial charge is 0.123 e. The van der Waals surface area contributed by atoms with Gasteiger partial charge in [0.2, 0.25) is 0 Å². The van der Waals surface area contributed by atoms with Crippen LogP contribution in [0.25, 0.3) is 10.6 Å². The van der Waals surface area contributed by atoms with Crippen molar-refractivity contribution < 1.29 is 0 Å². The Morgan fingerprint density at radius 3 is 2.58 bits per heavy atom.